The van der Waals surface area contributed by atoms with Gasteiger partial charge in [0.15, 0.2) is 11.5 Å². The highest BCUT2D eigenvalue weighted by Gasteiger charge is 2.34. The lowest BCUT2D eigenvalue weighted by Gasteiger charge is -2.28. The molecular weight excluding hydrogens is 484 g/mol. The van der Waals surface area contributed by atoms with Crippen LogP contribution in [0.2, 0.25) is 0 Å². The largest absolute Gasteiger partial charge is 0.486 e. The molecule has 1 aliphatic rings. The summed E-state index contributed by atoms with van der Waals surface area (Å²) in [5.74, 6) is 2.64. The Labute approximate surface area is 224 Å². The van der Waals surface area contributed by atoms with E-state index in [9.17, 15) is 0 Å². The molecule has 2 aromatic heterocycles. The number of ether oxygens (including phenoxy) is 2. The lowest BCUT2D eigenvalue weighted by atomic mass is 9.83. The van der Waals surface area contributed by atoms with Crippen molar-refractivity contribution in [2.45, 2.75) is 12.5 Å². The summed E-state index contributed by atoms with van der Waals surface area (Å²) < 4.78 is 14.3. The predicted octanol–water partition coefficient (Wildman–Crippen LogP) is 7.30. The first-order valence-electron chi connectivity index (χ1n) is 12.9. The van der Waals surface area contributed by atoms with Crippen molar-refractivity contribution in [3.05, 3.63) is 138 Å². The smallest absolute Gasteiger partial charge is 0.228 e. The van der Waals surface area contributed by atoms with Crippen LogP contribution in [0.15, 0.2) is 116 Å². The van der Waals surface area contributed by atoms with Crippen LogP contribution in [-0.4, -0.2) is 19.6 Å². The standard InChI is InChI=1S/C33H22N4O2/c1-2-10-23(11-3-1)29-27-17-15-22-9-6-7-13-26(22)31(27)39-33-30(29)32-35-28(36-37(32)20-34-33)19-38-25-16-14-21-8-4-5-12-24(21)18-25/h1-18,20,29H,19H2/t29-/m1/s1. The number of hydrogen-bond acceptors (Lipinski definition) is 5. The molecule has 6 heteroatoms. The van der Waals surface area contributed by atoms with Crippen molar-refractivity contribution in [3.8, 4) is 17.4 Å². The summed E-state index contributed by atoms with van der Waals surface area (Å²) >= 11 is 0. The van der Waals surface area contributed by atoms with E-state index in [0.29, 0.717) is 17.4 Å². The Morgan fingerprint density at radius 1 is 0.769 bits per heavy atom. The van der Waals surface area contributed by atoms with Gasteiger partial charge in [-0.05, 0) is 33.9 Å². The first-order chi connectivity index (χ1) is 19.3. The van der Waals surface area contributed by atoms with Crippen LogP contribution in [0.1, 0.15) is 28.4 Å². The third kappa shape index (κ3) is 3.61. The van der Waals surface area contributed by atoms with Gasteiger partial charge in [0.1, 0.15) is 24.4 Å². The average molecular weight is 507 g/mol. The Morgan fingerprint density at radius 3 is 2.44 bits per heavy atom. The molecule has 7 aromatic rings. The van der Waals surface area contributed by atoms with Gasteiger partial charge in [-0.3, -0.25) is 0 Å². The van der Waals surface area contributed by atoms with Crippen LogP contribution < -0.4 is 9.47 Å². The summed E-state index contributed by atoms with van der Waals surface area (Å²) in [5, 5.41) is 9.19. The molecule has 0 radical (unpaired) electrons. The summed E-state index contributed by atoms with van der Waals surface area (Å²) in [4.78, 5) is 9.61. The number of aromatic nitrogens is 4. The van der Waals surface area contributed by atoms with Crippen molar-refractivity contribution < 1.29 is 9.47 Å². The minimum atomic E-state index is -0.107. The maximum absolute atomic E-state index is 6.51. The zero-order chi connectivity index (χ0) is 25.8. The van der Waals surface area contributed by atoms with E-state index in [2.05, 4.69) is 66.7 Å². The fraction of sp³-hybridized carbons (Fsp3) is 0.0606. The highest BCUT2D eigenvalue weighted by molar-refractivity contribution is 5.91. The van der Waals surface area contributed by atoms with Gasteiger partial charge in [-0.25, -0.2) is 14.5 Å². The average Bonchev–Trinajstić information content (AvgIpc) is 3.43. The molecule has 0 fully saturated rings. The fourth-order valence-corrected chi connectivity index (χ4v) is 5.55. The highest BCUT2D eigenvalue weighted by atomic mass is 16.5. The normalized spacial score (nSPS) is 14.2. The van der Waals surface area contributed by atoms with Crippen molar-refractivity contribution in [2.24, 2.45) is 0 Å². The van der Waals surface area contributed by atoms with Gasteiger partial charge < -0.3 is 9.47 Å². The summed E-state index contributed by atoms with van der Waals surface area (Å²) in [5.41, 5.74) is 3.84. The van der Waals surface area contributed by atoms with Gasteiger partial charge in [0.2, 0.25) is 5.88 Å². The van der Waals surface area contributed by atoms with Crippen LogP contribution in [0.4, 0.5) is 0 Å². The molecule has 0 unspecified atom stereocenters. The number of hydrogen-bond donors (Lipinski definition) is 0. The van der Waals surface area contributed by atoms with E-state index < -0.39 is 0 Å². The highest BCUT2D eigenvalue weighted by Crippen LogP contribution is 2.50. The second-order valence-electron chi connectivity index (χ2n) is 9.71. The van der Waals surface area contributed by atoms with E-state index in [4.69, 9.17) is 24.5 Å². The van der Waals surface area contributed by atoms with E-state index in [-0.39, 0.29) is 12.5 Å². The van der Waals surface area contributed by atoms with E-state index in [0.717, 1.165) is 44.3 Å². The molecule has 0 saturated heterocycles. The topological polar surface area (TPSA) is 61.5 Å². The molecule has 1 atom stereocenters. The summed E-state index contributed by atoms with van der Waals surface area (Å²) in [6, 6.07) is 37.3. The molecule has 0 spiro atoms. The molecule has 6 nitrogen and oxygen atoms in total. The van der Waals surface area contributed by atoms with Gasteiger partial charge >= 0.3 is 0 Å². The molecule has 0 saturated carbocycles. The Hall–Kier alpha value is -5.23. The van der Waals surface area contributed by atoms with Gasteiger partial charge in [0, 0.05) is 16.9 Å². The molecular formula is C33H22N4O2. The second-order valence-corrected chi connectivity index (χ2v) is 9.71. The van der Waals surface area contributed by atoms with Gasteiger partial charge in [-0.1, -0.05) is 97.1 Å². The molecule has 5 aromatic carbocycles. The summed E-state index contributed by atoms with van der Waals surface area (Å²) in [6.45, 7) is 0.243. The maximum Gasteiger partial charge on any atom is 0.228 e. The van der Waals surface area contributed by atoms with Gasteiger partial charge in [-0.15, -0.1) is 5.10 Å². The van der Waals surface area contributed by atoms with Gasteiger partial charge in [0.05, 0.1) is 5.56 Å². The minimum absolute atomic E-state index is 0.107. The second kappa shape index (κ2) is 8.67. The van der Waals surface area contributed by atoms with Crippen LogP contribution in [0.25, 0.3) is 27.2 Å². The molecule has 8 rings (SSSR count). The van der Waals surface area contributed by atoms with Crippen molar-refractivity contribution in [1.29, 1.82) is 0 Å². The Kier molecular flexibility index (Phi) is 4.85. The number of fused-ring (bicyclic) bond motifs is 7. The fourth-order valence-electron chi connectivity index (χ4n) is 5.55. The van der Waals surface area contributed by atoms with Crippen LogP contribution in [0, 0.1) is 0 Å². The van der Waals surface area contributed by atoms with Crippen molar-refractivity contribution in [3.63, 3.8) is 0 Å². The molecule has 39 heavy (non-hydrogen) atoms. The molecule has 1 aliphatic heterocycles. The Morgan fingerprint density at radius 2 is 1.54 bits per heavy atom. The van der Waals surface area contributed by atoms with Crippen LogP contribution >= 0.6 is 0 Å². The summed E-state index contributed by atoms with van der Waals surface area (Å²) in [6.07, 6.45) is 1.67. The molecule has 0 aliphatic carbocycles. The molecule has 0 amide bonds. The van der Waals surface area contributed by atoms with Crippen LogP contribution in [0.5, 0.6) is 17.4 Å². The van der Waals surface area contributed by atoms with Crippen molar-refractivity contribution >= 4 is 27.2 Å². The SMILES string of the molecule is c1ccc([C@@H]2c3ccc4ccccc4c3Oc3ncn4nc(COc5ccc6ccccc6c5)nc4c32)cc1. The van der Waals surface area contributed by atoms with E-state index in [1.165, 1.54) is 5.39 Å². The molecule has 0 bridgehead atoms. The number of benzene rings is 5. The zero-order valence-corrected chi connectivity index (χ0v) is 20.9. The first-order valence-corrected chi connectivity index (χ1v) is 12.9. The Bertz CT molecular complexity index is 2020. The van der Waals surface area contributed by atoms with E-state index >= 15 is 0 Å². The monoisotopic (exact) mass is 506 g/mol. The number of nitrogens with zero attached hydrogens (tertiary/aromatic N) is 4. The number of rotatable bonds is 4. The summed E-state index contributed by atoms with van der Waals surface area (Å²) in [7, 11) is 0. The third-order valence-electron chi connectivity index (χ3n) is 7.36. The molecule has 186 valence electrons. The van der Waals surface area contributed by atoms with Crippen LogP contribution in [-0.2, 0) is 6.61 Å². The minimum Gasteiger partial charge on any atom is -0.486 e. The van der Waals surface area contributed by atoms with Gasteiger partial charge in [-0.2, -0.15) is 0 Å². The van der Waals surface area contributed by atoms with E-state index in [1.807, 2.05) is 42.5 Å². The van der Waals surface area contributed by atoms with Gasteiger partial charge in [0.25, 0.3) is 0 Å². The quantitative estimate of drug-likeness (QED) is 0.251. The first kappa shape index (κ1) is 21.8. The molecule has 0 N–H and O–H groups in total. The zero-order valence-electron chi connectivity index (χ0n) is 20.9. The maximum atomic E-state index is 6.51. The van der Waals surface area contributed by atoms with Crippen molar-refractivity contribution in [1.82, 2.24) is 19.6 Å². The lowest BCUT2D eigenvalue weighted by Crippen LogP contribution is -2.15. The third-order valence-corrected chi connectivity index (χ3v) is 7.36. The Balaban J connectivity index is 1.23. The molecule has 3 heterocycles. The van der Waals surface area contributed by atoms with Crippen LogP contribution in [0.3, 0.4) is 0 Å². The lowest BCUT2D eigenvalue weighted by molar-refractivity contribution is 0.296. The predicted molar refractivity (Wildman–Crippen MR) is 150 cm³/mol. The van der Waals surface area contributed by atoms with E-state index in [1.54, 1.807) is 10.8 Å². The van der Waals surface area contributed by atoms with Crippen molar-refractivity contribution in [2.75, 3.05) is 0 Å².